The van der Waals surface area contributed by atoms with Gasteiger partial charge in [-0.1, -0.05) is 18.2 Å². The van der Waals surface area contributed by atoms with Gasteiger partial charge < -0.3 is 20.0 Å². The topological polar surface area (TPSA) is 89.9 Å². The normalized spacial score (nSPS) is 25.8. The van der Waals surface area contributed by atoms with Gasteiger partial charge in [-0.2, -0.15) is 0 Å². The van der Waals surface area contributed by atoms with E-state index in [1.807, 2.05) is 41.1 Å². The molecule has 1 aromatic carbocycles. The second-order valence-electron chi connectivity index (χ2n) is 7.68. The number of primary amides is 1. The predicted molar refractivity (Wildman–Crippen MR) is 105 cm³/mol. The van der Waals surface area contributed by atoms with Crippen LogP contribution in [0, 0.1) is 5.92 Å². The average Bonchev–Trinajstić information content (AvgIpc) is 3.28. The lowest BCUT2D eigenvalue weighted by Crippen LogP contribution is -2.34. The third-order valence-corrected chi connectivity index (χ3v) is 6.01. The van der Waals surface area contributed by atoms with Crippen molar-refractivity contribution in [1.82, 2.24) is 9.38 Å². The molecule has 1 saturated carbocycles. The summed E-state index contributed by atoms with van der Waals surface area (Å²) in [6.07, 6.45) is 7.49. The van der Waals surface area contributed by atoms with Crippen LogP contribution in [0.2, 0.25) is 0 Å². The summed E-state index contributed by atoms with van der Waals surface area (Å²) in [4.78, 5) is 16.4. The van der Waals surface area contributed by atoms with Crippen LogP contribution in [0.4, 0.5) is 0 Å². The number of amides is 1. The summed E-state index contributed by atoms with van der Waals surface area (Å²) in [7, 11) is 0. The molecule has 1 fully saturated rings. The average molecular weight is 371 g/mol. The first-order valence-corrected chi connectivity index (χ1v) is 9.23. The summed E-state index contributed by atoms with van der Waals surface area (Å²) >= 11 is 0. The molecule has 0 spiro atoms. The number of pyridine rings is 2. The number of hydrogen-bond acceptors (Lipinski definition) is 4. The summed E-state index contributed by atoms with van der Waals surface area (Å²) in [5.41, 5.74) is 8.72. The van der Waals surface area contributed by atoms with Gasteiger partial charge in [0.15, 0.2) is 0 Å². The molecule has 6 heteroatoms. The van der Waals surface area contributed by atoms with Crippen LogP contribution >= 0.6 is 0 Å². The Balaban J connectivity index is 1.54. The van der Waals surface area contributed by atoms with Crippen molar-refractivity contribution >= 4 is 39.3 Å². The van der Waals surface area contributed by atoms with Crippen LogP contribution in [0.1, 0.15) is 23.7 Å². The van der Waals surface area contributed by atoms with Crippen molar-refractivity contribution in [3.8, 4) is 0 Å². The standard InChI is InChI=1S/C22H17N3O3/c23-21(26)22(27)9-16(22)20-15-11-25-10-14-7-13-3-1-2-4-17(13)24-19(14)18(25)8-12(15)5-6-28-20/h1-8,10-11,16,20,27H,9H2,(H2,23,26). The molecule has 3 atom stereocenters. The van der Waals surface area contributed by atoms with Crippen molar-refractivity contribution in [3.63, 3.8) is 0 Å². The number of carbonyl (C=O) groups excluding carboxylic acids is 1. The SMILES string of the molecule is NC(=O)C1(O)CC1C1OC=Cc2cc3c4nc5ccccc5cc4cn3cc21. The molecule has 6 nitrogen and oxygen atoms in total. The van der Waals surface area contributed by atoms with Crippen molar-refractivity contribution in [2.45, 2.75) is 18.1 Å². The number of carbonyl (C=O) groups is 1. The summed E-state index contributed by atoms with van der Waals surface area (Å²) in [6.45, 7) is 0. The van der Waals surface area contributed by atoms with Crippen LogP contribution in [0.5, 0.6) is 0 Å². The summed E-state index contributed by atoms with van der Waals surface area (Å²) in [5.74, 6) is -1.03. The lowest BCUT2D eigenvalue weighted by atomic mass is 9.97. The van der Waals surface area contributed by atoms with E-state index in [4.69, 9.17) is 15.5 Å². The van der Waals surface area contributed by atoms with Crippen LogP contribution in [0.15, 0.2) is 55.1 Å². The molecular formula is C22H17N3O3. The Morgan fingerprint density at radius 3 is 2.93 bits per heavy atom. The number of nitrogens with two attached hydrogens (primary N) is 1. The van der Waals surface area contributed by atoms with E-state index in [9.17, 15) is 9.90 Å². The fraction of sp³-hybridized carbons (Fsp3) is 0.182. The van der Waals surface area contributed by atoms with Crippen LogP contribution in [0.25, 0.3) is 33.4 Å². The van der Waals surface area contributed by atoms with Crippen LogP contribution in [-0.2, 0) is 9.53 Å². The van der Waals surface area contributed by atoms with E-state index in [0.717, 1.165) is 38.4 Å². The van der Waals surface area contributed by atoms with Crippen molar-refractivity contribution < 1.29 is 14.6 Å². The number of hydrogen-bond donors (Lipinski definition) is 2. The molecule has 1 aliphatic heterocycles. The predicted octanol–water partition coefficient (Wildman–Crippen LogP) is 2.92. The summed E-state index contributed by atoms with van der Waals surface area (Å²) < 4.78 is 7.82. The van der Waals surface area contributed by atoms with Crippen molar-refractivity contribution in [3.05, 3.63) is 66.2 Å². The Kier molecular flexibility index (Phi) is 2.86. The molecule has 3 unspecified atom stereocenters. The molecule has 0 radical (unpaired) electrons. The number of aliphatic hydroxyl groups is 1. The number of fused-ring (bicyclic) bond motifs is 5. The van der Waals surface area contributed by atoms with Crippen LogP contribution < -0.4 is 5.73 Å². The van der Waals surface area contributed by atoms with Gasteiger partial charge in [0.25, 0.3) is 0 Å². The van der Waals surface area contributed by atoms with E-state index in [1.54, 1.807) is 6.26 Å². The molecule has 6 rings (SSSR count). The lowest BCUT2D eigenvalue weighted by Gasteiger charge is -2.24. The molecule has 138 valence electrons. The first-order valence-electron chi connectivity index (χ1n) is 9.23. The highest BCUT2D eigenvalue weighted by Crippen LogP contribution is 2.54. The number of rotatable bonds is 2. The number of ether oxygens (including phenoxy) is 1. The van der Waals surface area contributed by atoms with Crippen molar-refractivity contribution in [2.75, 3.05) is 0 Å². The van der Waals surface area contributed by atoms with Crippen LogP contribution in [0.3, 0.4) is 0 Å². The molecule has 0 saturated heterocycles. The maximum Gasteiger partial charge on any atom is 0.249 e. The number of benzene rings is 1. The maximum absolute atomic E-state index is 11.6. The monoisotopic (exact) mass is 371 g/mol. The van der Waals surface area contributed by atoms with E-state index in [1.165, 1.54) is 0 Å². The molecule has 4 aromatic rings. The Hall–Kier alpha value is -3.38. The van der Waals surface area contributed by atoms with E-state index in [2.05, 4.69) is 18.2 Å². The summed E-state index contributed by atoms with van der Waals surface area (Å²) in [5, 5.41) is 12.5. The van der Waals surface area contributed by atoms with Gasteiger partial charge in [-0.3, -0.25) is 4.79 Å². The smallest absolute Gasteiger partial charge is 0.249 e. The third-order valence-electron chi connectivity index (χ3n) is 6.01. The van der Waals surface area contributed by atoms with Crippen molar-refractivity contribution in [2.24, 2.45) is 11.7 Å². The molecule has 0 bridgehead atoms. The largest absolute Gasteiger partial charge is 0.493 e. The Morgan fingerprint density at radius 1 is 1.25 bits per heavy atom. The zero-order valence-electron chi connectivity index (χ0n) is 14.9. The maximum atomic E-state index is 11.6. The van der Waals surface area contributed by atoms with Gasteiger partial charge in [-0.15, -0.1) is 0 Å². The highest BCUT2D eigenvalue weighted by molar-refractivity contribution is 6.01. The Labute approximate surface area is 159 Å². The molecule has 4 heterocycles. The quantitative estimate of drug-likeness (QED) is 0.567. The molecule has 28 heavy (non-hydrogen) atoms. The third kappa shape index (κ3) is 2.00. The van der Waals surface area contributed by atoms with Gasteiger partial charge in [0.2, 0.25) is 5.91 Å². The minimum Gasteiger partial charge on any atom is -0.493 e. The first kappa shape index (κ1) is 15.7. The first-order chi connectivity index (χ1) is 13.5. The fourth-order valence-electron chi connectivity index (χ4n) is 4.36. The fourth-order valence-corrected chi connectivity index (χ4v) is 4.36. The zero-order valence-corrected chi connectivity index (χ0v) is 14.9. The van der Waals surface area contributed by atoms with Crippen molar-refractivity contribution in [1.29, 1.82) is 0 Å². The van der Waals surface area contributed by atoms with Gasteiger partial charge >= 0.3 is 0 Å². The molecule has 3 N–H and O–H groups in total. The lowest BCUT2D eigenvalue weighted by molar-refractivity contribution is -0.130. The molecule has 1 aliphatic carbocycles. The van der Waals surface area contributed by atoms with Crippen LogP contribution in [-0.4, -0.2) is 26.0 Å². The molecular weight excluding hydrogens is 354 g/mol. The molecule has 3 aromatic heterocycles. The van der Waals surface area contributed by atoms with Gasteiger partial charge in [-0.05, 0) is 36.3 Å². The Morgan fingerprint density at radius 2 is 2.11 bits per heavy atom. The highest BCUT2D eigenvalue weighted by atomic mass is 16.5. The van der Waals surface area contributed by atoms with E-state index in [-0.39, 0.29) is 5.92 Å². The number of aromatic nitrogens is 2. The van der Waals surface area contributed by atoms with Gasteiger partial charge in [-0.25, -0.2) is 4.98 Å². The zero-order chi connectivity index (χ0) is 19.0. The second kappa shape index (κ2) is 5.11. The minimum atomic E-state index is -1.48. The highest BCUT2D eigenvalue weighted by Gasteiger charge is 2.63. The molecule has 1 amide bonds. The molecule has 2 aliphatic rings. The van der Waals surface area contributed by atoms with Gasteiger partial charge in [0.1, 0.15) is 11.7 Å². The second-order valence-corrected chi connectivity index (χ2v) is 7.68. The van der Waals surface area contributed by atoms with Gasteiger partial charge in [0, 0.05) is 34.6 Å². The van der Waals surface area contributed by atoms with E-state index in [0.29, 0.717) is 6.42 Å². The Bertz CT molecular complexity index is 1340. The van der Waals surface area contributed by atoms with E-state index < -0.39 is 17.6 Å². The summed E-state index contributed by atoms with van der Waals surface area (Å²) in [6, 6.07) is 12.3. The van der Waals surface area contributed by atoms with E-state index >= 15 is 0 Å². The van der Waals surface area contributed by atoms with Gasteiger partial charge in [0.05, 0.1) is 22.8 Å². The number of para-hydroxylation sites is 1. The number of nitrogens with zero attached hydrogens (tertiary/aromatic N) is 2. The minimum absolute atomic E-state index is 0.318.